The van der Waals surface area contributed by atoms with Crippen molar-refractivity contribution in [3.63, 3.8) is 0 Å². The fourth-order valence-electron chi connectivity index (χ4n) is 2.91. The number of nitrogens with one attached hydrogen (secondary N) is 2. The zero-order chi connectivity index (χ0) is 22.9. The van der Waals surface area contributed by atoms with Gasteiger partial charge < -0.3 is 20.1 Å². The molecular weight excluding hydrogens is 408 g/mol. The molecule has 0 aliphatic heterocycles. The number of nitrogens with zero attached hydrogens (tertiary/aromatic N) is 2. The van der Waals surface area contributed by atoms with Crippen LogP contribution in [0.1, 0.15) is 19.4 Å². The lowest BCUT2D eigenvalue weighted by Crippen LogP contribution is -2.48. The second kappa shape index (κ2) is 10.9. The van der Waals surface area contributed by atoms with Gasteiger partial charge in [0.25, 0.3) is 5.91 Å². The van der Waals surface area contributed by atoms with E-state index in [2.05, 4.69) is 20.6 Å². The van der Waals surface area contributed by atoms with E-state index in [9.17, 15) is 9.59 Å². The molecule has 8 heteroatoms. The summed E-state index contributed by atoms with van der Waals surface area (Å²) < 4.78 is 11.1. The van der Waals surface area contributed by atoms with Gasteiger partial charge in [-0.25, -0.2) is 9.97 Å². The van der Waals surface area contributed by atoms with E-state index < -0.39 is 6.04 Å². The summed E-state index contributed by atoms with van der Waals surface area (Å²) in [6.07, 6.45) is 3.18. The molecule has 2 N–H and O–H groups in total. The van der Waals surface area contributed by atoms with E-state index in [0.717, 1.165) is 5.56 Å². The number of rotatable bonds is 9. The van der Waals surface area contributed by atoms with Crippen molar-refractivity contribution < 1.29 is 19.1 Å². The molecular formula is C24H26N4O4. The Balaban J connectivity index is 1.59. The standard InChI is InChI=1S/C24H26N4O4/c1-16(2)22(28-21(29)15-31-18-8-5-4-6-9-18)23(30)27-20-11-10-19(14-17(20)3)32-24-25-12-7-13-26-24/h4-14,16,22H,15H2,1-3H3,(H,27,30)(H,28,29). The molecule has 2 amide bonds. The zero-order valence-corrected chi connectivity index (χ0v) is 18.2. The number of para-hydroxylation sites is 1. The van der Waals surface area contributed by atoms with Crippen LogP contribution in [-0.2, 0) is 9.59 Å². The molecule has 3 rings (SSSR count). The lowest BCUT2D eigenvalue weighted by molar-refractivity contribution is -0.128. The molecule has 0 aliphatic carbocycles. The summed E-state index contributed by atoms with van der Waals surface area (Å²) in [6.45, 7) is 5.41. The van der Waals surface area contributed by atoms with Crippen molar-refractivity contribution in [2.45, 2.75) is 26.8 Å². The van der Waals surface area contributed by atoms with Crippen molar-refractivity contribution in [3.8, 4) is 17.5 Å². The van der Waals surface area contributed by atoms with Gasteiger partial charge in [0.05, 0.1) is 0 Å². The number of carbonyl (C=O) groups excluding carboxylic acids is 2. The summed E-state index contributed by atoms with van der Waals surface area (Å²) in [4.78, 5) is 33.3. The van der Waals surface area contributed by atoms with Gasteiger partial charge in [0, 0.05) is 18.1 Å². The van der Waals surface area contributed by atoms with Crippen molar-refractivity contribution in [2.24, 2.45) is 5.92 Å². The molecule has 1 unspecified atom stereocenters. The van der Waals surface area contributed by atoms with E-state index in [1.54, 1.807) is 48.8 Å². The fourth-order valence-corrected chi connectivity index (χ4v) is 2.91. The lowest BCUT2D eigenvalue weighted by atomic mass is 10.0. The van der Waals surface area contributed by atoms with Gasteiger partial charge in [0.2, 0.25) is 5.91 Å². The summed E-state index contributed by atoms with van der Waals surface area (Å²) in [6, 6.07) is 15.5. The highest BCUT2D eigenvalue weighted by atomic mass is 16.5. The van der Waals surface area contributed by atoms with E-state index in [4.69, 9.17) is 9.47 Å². The van der Waals surface area contributed by atoms with Gasteiger partial charge >= 0.3 is 6.01 Å². The number of benzene rings is 2. The molecule has 0 radical (unpaired) electrons. The van der Waals surface area contributed by atoms with Crippen molar-refractivity contribution in [2.75, 3.05) is 11.9 Å². The molecule has 0 spiro atoms. The molecule has 0 fully saturated rings. The average molecular weight is 434 g/mol. The van der Waals surface area contributed by atoms with Gasteiger partial charge in [-0.3, -0.25) is 9.59 Å². The van der Waals surface area contributed by atoms with E-state index >= 15 is 0 Å². The van der Waals surface area contributed by atoms with Crippen LogP contribution < -0.4 is 20.1 Å². The van der Waals surface area contributed by atoms with E-state index in [0.29, 0.717) is 17.2 Å². The number of anilines is 1. The fraction of sp³-hybridized carbons (Fsp3) is 0.250. The molecule has 166 valence electrons. The number of aryl methyl sites for hydroxylation is 1. The Morgan fingerprint density at radius 2 is 1.69 bits per heavy atom. The van der Waals surface area contributed by atoms with Crippen LogP contribution in [0.25, 0.3) is 0 Å². The van der Waals surface area contributed by atoms with Gasteiger partial charge in [-0.05, 0) is 54.8 Å². The van der Waals surface area contributed by atoms with Gasteiger partial charge in [0.1, 0.15) is 17.5 Å². The van der Waals surface area contributed by atoms with E-state index in [1.165, 1.54) is 0 Å². The molecule has 0 saturated carbocycles. The summed E-state index contributed by atoms with van der Waals surface area (Å²) in [7, 11) is 0. The highest BCUT2D eigenvalue weighted by Gasteiger charge is 2.25. The second-order valence-electron chi connectivity index (χ2n) is 7.49. The molecule has 0 aliphatic rings. The maximum atomic E-state index is 12.9. The van der Waals surface area contributed by atoms with Gasteiger partial charge in [-0.1, -0.05) is 32.0 Å². The Bertz CT molecular complexity index is 1040. The SMILES string of the molecule is Cc1cc(Oc2ncccn2)ccc1NC(=O)C(NC(=O)COc1ccccc1)C(C)C. The highest BCUT2D eigenvalue weighted by molar-refractivity contribution is 5.98. The molecule has 32 heavy (non-hydrogen) atoms. The first-order valence-electron chi connectivity index (χ1n) is 10.3. The second-order valence-corrected chi connectivity index (χ2v) is 7.49. The minimum Gasteiger partial charge on any atom is -0.484 e. The topological polar surface area (TPSA) is 102 Å². The Morgan fingerprint density at radius 1 is 0.969 bits per heavy atom. The monoisotopic (exact) mass is 434 g/mol. The van der Waals surface area contributed by atoms with Gasteiger partial charge in [-0.15, -0.1) is 0 Å². The van der Waals surface area contributed by atoms with Gasteiger partial charge in [0.15, 0.2) is 6.61 Å². The predicted molar refractivity (Wildman–Crippen MR) is 121 cm³/mol. The van der Waals surface area contributed by atoms with E-state index in [-0.39, 0.29) is 30.3 Å². The van der Waals surface area contributed by atoms with Gasteiger partial charge in [-0.2, -0.15) is 0 Å². The Labute approximate surface area is 187 Å². The van der Waals surface area contributed by atoms with Crippen LogP contribution >= 0.6 is 0 Å². The lowest BCUT2D eigenvalue weighted by Gasteiger charge is -2.22. The third-order valence-corrected chi connectivity index (χ3v) is 4.59. The number of amides is 2. The van der Waals surface area contributed by atoms with Crippen LogP contribution in [-0.4, -0.2) is 34.4 Å². The van der Waals surface area contributed by atoms with Crippen LogP contribution in [0.4, 0.5) is 5.69 Å². The number of aromatic nitrogens is 2. The maximum absolute atomic E-state index is 12.9. The number of hydrogen-bond acceptors (Lipinski definition) is 6. The number of carbonyl (C=O) groups is 2. The highest BCUT2D eigenvalue weighted by Crippen LogP contribution is 2.24. The third-order valence-electron chi connectivity index (χ3n) is 4.59. The molecule has 0 bridgehead atoms. The average Bonchev–Trinajstić information content (AvgIpc) is 2.79. The molecule has 1 aromatic heterocycles. The smallest absolute Gasteiger partial charge is 0.321 e. The van der Waals surface area contributed by atoms with Crippen molar-refractivity contribution in [3.05, 3.63) is 72.6 Å². The molecule has 1 heterocycles. The normalized spacial score (nSPS) is 11.5. The van der Waals surface area contributed by atoms with Crippen molar-refractivity contribution in [1.29, 1.82) is 0 Å². The van der Waals surface area contributed by atoms with Crippen LogP contribution in [0.5, 0.6) is 17.5 Å². The van der Waals surface area contributed by atoms with Crippen LogP contribution in [0.3, 0.4) is 0 Å². The molecule has 0 saturated heterocycles. The Kier molecular flexibility index (Phi) is 7.75. The largest absolute Gasteiger partial charge is 0.484 e. The number of ether oxygens (including phenoxy) is 2. The van der Waals surface area contributed by atoms with Crippen LogP contribution in [0.2, 0.25) is 0 Å². The minimum atomic E-state index is -0.713. The molecule has 2 aromatic carbocycles. The minimum absolute atomic E-state index is 0.117. The van der Waals surface area contributed by atoms with E-state index in [1.807, 2.05) is 39.0 Å². The zero-order valence-electron chi connectivity index (χ0n) is 18.2. The summed E-state index contributed by atoms with van der Waals surface area (Å²) in [5.41, 5.74) is 1.42. The van der Waals surface area contributed by atoms with Crippen molar-refractivity contribution >= 4 is 17.5 Å². The predicted octanol–water partition coefficient (Wildman–Crippen LogP) is 3.74. The molecule has 3 aromatic rings. The van der Waals surface area contributed by atoms with Crippen LogP contribution in [0.15, 0.2) is 67.0 Å². The summed E-state index contributed by atoms with van der Waals surface area (Å²) in [5, 5.41) is 5.63. The molecule has 8 nitrogen and oxygen atoms in total. The van der Waals surface area contributed by atoms with Crippen molar-refractivity contribution in [1.82, 2.24) is 15.3 Å². The third kappa shape index (κ3) is 6.53. The Hall–Kier alpha value is -3.94. The summed E-state index contributed by atoms with van der Waals surface area (Å²) >= 11 is 0. The quantitative estimate of drug-likeness (QED) is 0.532. The Morgan fingerprint density at radius 3 is 2.34 bits per heavy atom. The molecule has 1 atom stereocenters. The first-order chi connectivity index (χ1) is 15.4. The first-order valence-corrected chi connectivity index (χ1v) is 10.3. The first kappa shape index (κ1) is 22.7. The van der Waals surface area contributed by atoms with Crippen LogP contribution in [0, 0.1) is 12.8 Å². The number of hydrogen-bond donors (Lipinski definition) is 2. The summed E-state index contributed by atoms with van der Waals surface area (Å²) in [5.74, 6) is 0.349. The maximum Gasteiger partial charge on any atom is 0.321 e.